The maximum atomic E-state index is 13.0. The van der Waals surface area contributed by atoms with E-state index in [0.29, 0.717) is 18.2 Å². The van der Waals surface area contributed by atoms with Crippen LogP contribution in [0.4, 0.5) is 22.0 Å². The monoisotopic (exact) mass is 373 g/mol. The van der Waals surface area contributed by atoms with Crippen molar-refractivity contribution in [3.63, 3.8) is 0 Å². The van der Waals surface area contributed by atoms with E-state index in [1.54, 1.807) is 6.07 Å². The molecule has 0 aliphatic rings. The number of hydrogen-bond acceptors (Lipinski definition) is 2. The quantitative estimate of drug-likeness (QED) is 0.575. The molecular weight excluding hydrogens is 357 g/mol. The van der Waals surface area contributed by atoms with Crippen molar-refractivity contribution in [2.45, 2.75) is 25.6 Å². The maximum Gasteiger partial charge on any atom is 0.416 e. The Kier molecular flexibility index (Phi) is 6.54. The second-order valence-electron chi connectivity index (χ2n) is 5.49. The van der Waals surface area contributed by atoms with Crippen LogP contribution in [0.3, 0.4) is 0 Å². The molecule has 0 aromatic heterocycles. The second-order valence-corrected chi connectivity index (χ2v) is 5.49. The number of nitrogens with one attached hydrogen (secondary N) is 1. The number of amides is 1. The summed E-state index contributed by atoms with van der Waals surface area (Å²) in [5.41, 5.74) is -1.34. The largest absolute Gasteiger partial charge is 0.493 e. The van der Waals surface area contributed by atoms with Gasteiger partial charge in [0.25, 0.3) is 0 Å². The van der Waals surface area contributed by atoms with E-state index in [0.717, 1.165) is 12.1 Å². The van der Waals surface area contributed by atoms with Gasteiger partial charge in [0, 0.05) is 19.0 Å². The third-order valence-corrected chi connectivity index (χ3v) is 3.47. The average molecular weight is 373 g/mol. The van der Waals surface area contributed by atoms with Crippen LogP contribution >= 0.6 is 0 Å². The van der Waals surface area contributed by atoms with Gasteiger partial charge in [0.1, 0.15) is 17.4 Å². The van der Waals surface area contributed by atoms with Crippen molar-refractivity contribution >= 4 is 5.91 Å². The summed E-state index contributed by atoms with van der Waals surface area (Å²) in [5.74, 6) is -1.58. The van der Waals surface area contributed by atoms with E-state index in [-0.39, 0.29) is 25.1 Å². The molecule has 0 heterocycles. The predicted molar refractivity (Wildman–Crippen MR) is 84.4 cm³/mol. The number of ether oxygens (including phenoxy) is 1. The van der Waals surface area contributed by atoms with Crippen LogP contribution in [0.2, 0.25) is 0 Å². The average Bonchev–Trinajstić information content (AvgIpc) is 2.57. The van der Waals surface area contributed by atoms with Gasteiger partial charge in [0.2, 0.25) is 5.91 Å². The van der Waals surface area contributed by atoms with Crippen molar-refractivity contribution in [3.8, 4) is 5.75 Å². The number of benzene rings is 2. The molecule has 26 heavy (non-hydrogen) atoms. The van der Waals surface area contributed by atoms with Crippen molar-refractivity contribution in [2.75, 3.05) is 6.61 Å². The molecule has 0 aliphatic heterocycles. The van der Waals surface area contributed by atoms with Gasteiger partial charge in [0.15, 0.2) is 0 Å². The molecule has 0 fully saturated rings. The summed E-state index contributed by atoms with van der Waals surface area (Å²) in [4.78, 5) is 11.7. The normalized spacial score (nSPS) is 11.3. The minimum atomic E-state index is -4.71. The SMILES string of the molecule is O=C(CCCOc1cccc(F)c1)NCc1ccc(F)cc1C(F)(F)F. The van der Waals surface area contributed by atoms with Gasteiger partial charge in [0.05, 0.1) is 12.2 Å². The van der Waals surface area contributed by atoms with Gasteiger partial charge in [-0.1, -0.05) is 12.1 Å². The van der Waals surface area contributed by atoms with Crippen LogP contribution in [0.1, 0.15) is 24.0 Å². The summed E-state index contributed by atoms with van der Waals surface area (Å²) in [5, 5.41) is 2.36. The number of alkyl halides is 3. The highest BCUT2D eigenvalue weighted by molar-refractivity contribution is 5.75. The van der Waals surface area contributed by atoms with Crippen molar-refractivity contribution < 1.29 is 31.5 Å². The van der Waals surface area contributed by atoms with Gasteiger partial charge in [-0.15, -0.1) is 0 Å². The molecule has 2 aromatic rings. The molecule has 1 N–H and O–H groups in total. The van der Waals surface area contributed by atoms with Crippen LogP contribution in [-0.2, 0) is 17.5 Å². The number of halogens is 5. The Morgan fingerprint density at radius 1 is 1.04 bits per heavy atom. The first-order valence-electron chi connectivity index (χ1n) is 7.76. The zero-order valence-electron chi connectivity index (χ0n) is 13.6. The Labute approximate surface area is 146 Å². The van der Waals surface area contributed by atoms with Crippen LogP contribution in [0.5, 0.6) is 5.75 Å². The number of rotatable bonds is 7. The molecule has 0 bridgehead atoms. The molecular formula is C18H16F5NO2. The Hall–Kier alpha value is -2.64. The van der Waals surface area contributed by atoms with E-state index in [9.17, 15) is 26.7 Å². The third-order valence-electron chi connectivity index (χ3n) is 3.47. The lowest BCUT2D eigenvalue weighted by atomic mass is 10.1. The molecule has 0 spiro atoms. The minimum absolute atomic E-state index is 0.0257. The highest BCUT2D eigenvalue weighted by atomic mass is 19.4. The summed E-state index contributed by atoms with van der Waals surface area (Å²) in [6.45, 7) is -0.208. The van der Waals surface area contributed by atoms with E-state index >= 15 is 0 Å². The highest BCUT2D eigenvalue weighted by Gasteiger charge is 2.33. The second kappa shape index (κ2) is 8.64. The van der Waals surface area contributed by atoms with E-state index in [2.05, 4.69) is 5.32 Å². The molecule has 0 unspecified atom stereocenters. The standard InChI is InChI=1S/C18H16F5NO2/c19-13-3-1-4-15(9-13)26-8-2-5-17(25)24-11-12-6-7-14(20)10-16(12)18(21,22)23/h1,3-4,6-7,9-10H,2,5,8,11H2,(H,24,25). The van der Waals surface area contributed by atoms with Gasteiger partial charge in [-0.2, -0.15) is 13.2 Å². The van der Waals surface area contributed by atoms with Crippen LogP contribution in [-0.4, -0.2) is 12.5 Å². The Morgan fingerprint density at radius 2 is 1.77 bits per heavy atom. The first-order valence-corrected chi connectivity index (χ1v) is 7.76. The summed E-state index contributed by atoms with van der Waals surface area (Å²) < 4.78 is 69.9. The number of hydrogen-bond donors (Lipinski definition) is 1. The third kappa shape index (κ3) is 6.02. The fraction of sp³-hybridized carbons (Fsp3) is 0.278. The van der Waals surface area contributed by atoms with Crippen LogP contribution in [0.25, 0.3) is 0 Å². The van der Waals surface area contributed by atoms with Crippen LogP contribution in [0, 0.1) is 11.6 Å². The molecule has 0 saturated carbocycles. The fourth-order valence-electron chi connectivity index (χ4n) is 2.23. The van der Waals surface area contributed by atoms with Crippen molar-refractivity contribution in [3.05, 3.63) is 65.2 Å². The van der Waals surface area contributed by atoms with E-state index < -0.39 is 29.3 Å². The molecule has 140 valence electrons. The first kappa shape index (κ1) is 19.7. The van der Waals surface area contributed by atoms with E-state index in [4.69, 9.17) is 4.74 Å². The van der Waals surface area contributed by atoms with Crippen LogP contribution < -0.4 is 10.1 Å². The molecule has 0 atom stereocenters. The number of carbonyl (C=O) groups is 1. The van der Waals surface area contributed by atoms with Crippen molar-refractivity contribution in [2.24, 2.45) is 0 Å². The molecule has 0 aliphatic carbocycles. The molecule has 1 amide bonds. The molecule has 8 heteroatoms. The van der Waals surface area contributed by atoms with Gasteiger partial charge < -0.3 is 10.1 Å². The zero-order valence-corrected chi connectivity index (χ0v) is 13.6. The molecule has 3 nitrogen and oxygen atoms in total. The summed E-state index contributed by atoms with van der Waals surface area (Å²) in [6, 6.07) is 7.82. The smallest absolute Gasteiger partial charge is 0.416 e. The summed E-state index contributed by atoms with van der Waals surface area (Å²) in [7, 11) is 0. The summed E-state index contributed by atoms with van der Waals surface area (Å²) in [6.07, 6.45) is -4.38. The lowest BCUT2D eigenvalue weighted by Crippen LogP contribution is -2.24. The fourth-order valence-corrected chi connectivity index (χ4v) is 2.23. The van der Waals surface area contributed by atoms with Crippen molar-refractivity contribution in [1.29, 1.82) is 0 Å². The lowest BCUT2D eigenvalue weighted by molar-refractivity contribution is -0.138. The van der Waals surface area contributed by atoms with Crippen LogP contribution in [0.15, 0.2) is 42.5 Å². The Balaban J connectivity index is 1.79. The first-order chi connectivity index (χ1) is 12.3. The lowest BCUT2D eigenvalue weighted by Gasteiger charge is -2.13. The molecule has 0 saturated heterocycles. The molecule has 2 rings (SSSR count). The van der Waals surface area contributed by atoms with Gasteiger partial charge in [-0.05, 0) is 36.2 Å². The van der Waals surface area contributed by atoms with Gasteiger partial charge >= 0.3 is 6.18 Å². The maximum absolute atomic E-state index is 13.0. The molecule has 0 radical (unpaired) electrons. The van der Waals surface area contributed by atoms with E-state index in [1.807, 2.05) is 0 Å². The summed E-state index contributed by atoms with van der Waals surface area (Å²) >= 11 is 0. The molecule has 2 aromatic carbocycles. The number of carbonyl (C=O) groups excluding carboxylic acids is 1. The highest BCUT2D eigenvalue weighted by Crippen LogP contribution is 2.32. The van der Waals surface area contributed by atoms with Crippen molar-refractivity contribution in [1.82, 2.24) is 5.32 Å². The van der Waals surface area contributed by atoms with Gasteiger partial charge in [-0.3, -0.25) is 4.79 Å². The zero-order chi connectivity index (χ0) is 19.2. The minimum Gasteiger partial charge on any atom is -0.493 e. The Bertz CT molecular complexity index is 761. The van der Waals surface area contributed by atoms with Gasteiger partial charge in [-0.25, -0.2) is 8.78 Å². The topological polar surface area (TPSA) is 38.3 Å². The Morgan fingerprint density at radius 3 is 2.46 bits per heavy atom. The predicted octanol–water partition coefficient (Wildman–Crippen LogP) is 4.46. The van der Waals surface area contributed by atoms with E-state index in [1.165, 1.54) is 18.2 Å².